The van der Waals surface area contributed by atoms with Gasteiger partial charge in [-0.2, -0.15) is 9.97 Å². The summed E-state index contributed by atoms with van der Waals surface area (Å²) in [5.41, 5.74) is 3.32. The van der Waals surface area contributed by atoms with Crippen LogP contribution in [0.15, 0.2) is 96.2 Å². The predicted octanol–water partition coefficient (Wildman–Crippen LogP) is 3.55. The van der Waals surface area contributed by atoms with Gasteiger partial charge in [-0.1, -0.05) is 73.7 Å². The largest absolute Gasteiger partial charge is 0.388 e. The molecular weight excluding hydrogens is 760 g/mol. The van der Waals surface area contributed by atoms with E-state index in [1.54, 1.807) is 23.9 Å². The first-order valence-electron chi connectivity index (χ1n) is 18.3. The predicted molar refractivity (Wildman–Crippen MR) is 212 cm³/mol. The molecule has 3 heterocycles. The Bertz CT molecular complexity index is 2260. The maximum Gasteiger partial charge on any atom is 0.319 e. The first-order valence-corrected chi connectivity index (χ1v) is 20.2. The molecule has 56 heavy (non-hydrogen) atoms. The fourth-order valence-corrected chi connectivity index (χ4v) is 8.27. The van der Waals surface area contributed by atoms with Crippen LogP contribution < -0.4 is 26.0 Å². The van der Waals surface area contributed by atoms with Crippen molar-refractivity contribution in [2.45, 2.75) is 67.3 Å². The number of nitrogens with two attached hydrogens (primary N) is 1. The topological polar surface area (TPSA) is 221 Å². The highest BCUT2D eigenvalue weighted by atomic mass is 35.5. The second-order valence-corrected chi connectivity index (χ2v) is 15.9. The highest BCUT2D eigenvalue weighted by Gasteiger charge is 2.47. The Balaban J connectivity index is 1.17. The van der Waals surface area contributed by atoms with Crippen molar-refractivity contribution in [1.82, 2.24) is 29.3 Å². The number of sulfonamides is 1. The number of nitrogens with one attached hydrogen (secondary N) is 3. The van der Waals surface area contributed by atoms with Crippen LogP contribution in [0.5, 0.6) is 0 Å². The quantitative estimate of drug-likeness (QED) is 0.100. The first kappa shape index (κ1) is 38.9. The molecule has 1 saturated carbocycles. The van der Waals surface area contributed by atoms with Crippen LogP contribution in [0, 0.1) is 0 Å². The molecule has 7 N–H and O–H groups in total. The minimum Gasteiger partial charge on any atom is -0.388 e. The molecule has 1 aliphatic heterocycles. The fraction of sp³-hybridized carbons (Fsp3) is 0.342. The zero-order valence-corrected chi connectivity index (χ0v) is 32.0. The summed E-state index contributed by atoms with van der Waals surface area (Å²) in [4.78, 5) is 41.8. The van der Waals surface area contributed by atoms with E-state index in [9.17, 15) is 28.2 Å². The van der Waals surface area contributed by atoms with E-state index in [2.05, 4.69) is 40.2 Å². The van der Waals surface area contributed by atoms with Crippen LogP contribution in [0.2, 0.25) is 0 Å². The van der Waals surface area contributed by atoms with Crippen LogP contribution >= 0.6 is 11.8 Å². The third-order valence-electron chi connectivity index (χ3n) is 10.3. The van der Waals surface area contributed by atoms with E-state index in [1.807, 2.05) is 41.3 Å². The second kappa shape index (κ2) is 16.4. The smallest absolute Gasteiger partial charge is 0.319 e. The Labute approximate surface area is 328 Å². The van der Waals surface area contributed by atoms with Gasteiger partial charge in [0.25, 0.3) is 0 Å². The van der Waals surface area contributed by atoms with Crippen LogP contribution in [0.25, 0.3) is 11.2 Å². The number of hydrogen-bond acceptors (Lipinski definition) is 11. The van der Waals surface area contributed by atoms with Crippen molar-refractivity contribution >= 4 is 62.4 Å². The van der Waals surface area contributed by atoms with E-state index in [-0.39, 0.29) is 41.3 Å². The van der Waals surface area contributed by atoms with Crippen molar-refractivity contribution in [3.05, 3.63) is 102 Å². The number of primary sulfonamides is 1. The van der Waals surface area contributed by atoms with E-state index in [0.29, 0.717) is 49.0 Å². The Morgan fingerprint density at radius 3 is 2.36 bits per heavy atom. The molecule has 0 unspecified atom stereocenters. The van der Waals surface area contributed by atoms with E-state index in [4.69, 9.17) is 31.9 Å². The Morgan fingerprint density at radius 2 is 1.70 bits per heavy atom. The van der Waals surface area contributed by atoms with Crippen molar-refractivity contribution in [3.63, 3.8) is 0 Å². The van der Waals surface area contributed by atoms with Gasteiger partial charge in [-0.15, -0.1) is 0 Å². The molecule has 1 aliphatic carbocycles. The van der Waals surface area contributed by atoms with E-state index >= 15 is 0 Å². The molecule has 5 aromatic rings. The molecule has 2 fully saturated rings. The number of amides is 3. The SMILES string of the molecule is CCC(=O)N(Cl)[C@H]1C[C@@H](n2cnc3c(NCC(c4ccccc4)c4ccccc4)nc(N4CC[C@@H](NC(=O)Nc5cccc(S(N)(=O)=O)c5)C4)nc32)[C@H](O)[C@@H]1O. The molecule has 0 spiro atoms. The van der Waals surface area contributed by atoms with Gasteiger partial charge < -0.3 is 35.6 Å². The molecule has 0 radical (unpaired) electrons. The number of nitrogens with zero attached hydrogens (tertiary/aromatic N) is 6. The molecule has 16 nitrogen and oxygen atoms in total. The molecule has 18 heteroatoms. The number of rotatable bonds is 12. The Kier molecular flexibility index (Phi) is 11.4. The van der Waals surface area contributed by atoms with E-state index in [0.717, 1.165) is 15.5 Å². The van der Waals surface area contributed by atoms with Crippen LogP contribution in [0.1, 0.15) is 49.3 Å². The minimum absolute atomic E-state index is 0.0455. The lowest BCUT2D eigenvalue weighted by atomic mass is 9.91. The maximum atomic E-state index is 13.0. The number of urea groups is 1. The second-order valence-electron chi connectivity index (χ2n) is 14.0. The number of hydrogen-bond donors (Lipinski definition) is 6. The van der Waals surface area contributed by atoms with Crippen LogP contribution in [0.3, 0.4) is 0 Å². The molecule has 3 amide bonds. The van der Waals surface area contributed by atoms with Crippen molar-refractivity contribution in [2.24, 2.45) is 5.14 Å². The van der Waals surface area contributed by atoms with Crippen LogP contribution in [-0.2, 0) is 14.8 Å². The summed E-state index contributed by atoms with van der Waals surface area (Å²) in [6, 6.07) is 23.5. The summed E-state index contributed by atoms with van der Waals surface area (Å²) in [6.07, 6.45) is -0.180. The third-order valence-corrected chi connectivity index (χ3v) is 11.7. The number of aliphatic hydroxyl groups excluding tert-OH is 2. The lowest BCUT2D eigenvalue weighted by Crippen LogP contribution is -2.41. The van der Waals surface area contributed by atoms with Crippen LogP contribution in [0.4, 0.5) is 22.2 Å². The number of aliphatic hydroxyl groups is 2. The highest BCUT2D eigenvalue weighted by molar-refractivity contribution is 7.89. The molecular formula is C38H43ClN10O6S. The fourth-order valence-electron chi connectivity index (χ4n) is 7.40. The van der Waals surface area contributed by atoms with E-state index < -0.39 is 40.3 Å². The summed E-state index contributed by atoms with van der Waals surface area (Å²) >= 11 is 6.35. The normalized spacial score (nSPS) is 21.0. The maximum absolute atomic E-state index is 13.0. The number of anilines is 3. The van der Waals surface area contributed by atoms with Gasteiger partial charge in [0.05, 0.1) is 23.3 Å². The highest BCUT2D eigenvalue weighted by Crippen LogP contribution is 2.38. The van der Waals surface area contributed by atoms with Crippen molar-refractivity contribution in [2.75, 3.05) is 35.2 Å². The molecule has 0 bridgehead atoms. The number of fused-ring (bicyclic) bond motifs is 1. The molecule has 3 aromatic carbocycles. The summed E-state index contributed by atoms with van der Waals surface area (Å²) in [5, 5.41) is 36.7. The van der Waals surface area contributed by atoms with Crippen molar-refractivity contribution < 1.29 is 28.2 Å². The number of imidazole rings is 1. The summed E-state index contributed by atoms with van der Waals surface area (Å²) in [6.45, 7) is 2.98. The summed E-state index contributed by atoms with van der Waals surface area (Å²) in [5.74, 6) is 0.391. The lowest BCUT2D eigenvalue weighted by Gasteiger charge is -2.23. The molecule has 5 atom stereocenters. The monoisotopic (exact) mass is 802 g/mol. The lowest BCUT2D eigenvalue weighted by molar-refractivity contribution is -0.129. The summed E-state index contributed by atoms with van der Waals surface area (Å²) in [7, 11) is -3.95. The van der Waals surface area contributed by atoms with Crippen molar-refractivity contribution in [1.29, 1.82) is 0 Å². The van der Waals surface area contributed by atoms with Gasteiger partial charge in [-0.05, 0) is 42.2 Å². The van der Waals surface area contributed by atoms with Gasteiger partial charge in [-0.3, -0.25) is 4.79 Å². The van der Waals surface area contributed by atoms with Gasteiger partial charge in [0.15, 0.2) is 17.0 Å². The Hall–Kier alpha value is -5.33. The third kappa shape index (κ3) is 8.27. The average molecular weight is 803 g/mol. The molecule has 2 aliphatic rings. The standard InChI is InChI=1S/C38H43ClN10O6S/c1-2-31(50)49(39)30-19-29(33(51)34(30)52)48-22-42-32-35(41-20-28(23-10-5-3-6-11-23)24-12-7-4-8-13-24)45-37(46-36(32)48)47-17-16-26(21-47)44-38(53)43-25-14-9-15-27(18-25)56(40,54)55/h3-15,18,22,26,28-30,33-34,51-52H,2,16-17,19-21H2,1H3,(H2,40,54,55)(H,41,45,46)(H2,43,44,53)/t26-,29-,30+,33+,34-/m1/s1. The van der Waals surface area contributed by atoms with Gasteiger partial charge >= 0.3 is 6.03 Å². The number of halogens is 1. The Morgan fingerprint density at radius 1 is 1.00 bits per heavy atom. The zero-order chi connectivity index (χ0) is 39.6. The number of benzene rings is 3. The number of carbonyl (C=O) groups is 2. The van der Waals surface area contributed by atoms with Crippen LogP contribution in [-0.4, -0.2) is 98.4 Å². The van der Waals surface area contributed by atoms with Gasteiger partial charge in [0, 0.05) is 55.5 Å². The van der Waals surface area contributed by atoms with Gasteiger partial charge in [0.2, 0.25) is 21.9 Å². The van der Waals surface area contributed by atoms with E-state index in [1.165, 1.54) is 18.2 Å². The molecule has 2 aromatic heterocycles. The number of carbonyl (C=O) groups excluding carboxylic acids is 2. The first-order chi connectivity index (χ1) is 26.9. The average Bonchev–Trinajstić information content (AvgIpc) is 3.92. The number of aromatic nitrogens is 4. The van der Waals surface area contributed by atoms with Gasteiger partial charge in [-0.25, -0.2) is 27.8 Å². The van der Waals surface area contributed by atoms with Crippen molar-refractivity contribution in [3.8, 4) is 0 Å². The summed E-state index contributed by atoms with van der Waals surface area (Å²) < 4.78 is 26.3. The molecule has 294 valence electrons. The minimum atomic E-state index is -3.95. The zero-order valence-electron chi connectivity index (χ0n) is 30.4. The van der Waals surface area contributed by atoms with Gasteiger partial charge in [0.1, 0.15) is 12.2 Å². The molecule has 7 rings (SSSR count). The molecule has 1 saturated heterocycles.